The van der Waals surface area contributed by atoms with E-state index in [0.717, 1.165) is 19.4 Å². The number of alkyl carbamates (subject to hydrolysis) is 1. The second kappa shape index (κ2) is 13.5. The van der Waals surface area contributed by atoms with E-state index in [9.17, 15) is 4.79 Å². The minimum atomic E-state index is -0.409. The van der Waals surface area contributed by atoms with Crippen LogP contribution in [0, 0.1) is 0 Å². The second-order valence-electron chi connectivity index (χ2n) is 6.05. The molecular weight excluding hydrogens is 276 g/mol. The Kier molecular flexibility index (Phi) is 14.7. The largest absolute Gasteiger partial charge is 0.444 e. The van der Waals surface area contributed by atoms with Crippen molar-refractivity contribution in [2.75, 3.05) is 13.1 Å². The minimum Gasteiger partial charge on any atom is -0.444 e. The summed E-state index contributed by atoms with van der Waals surface area (Å²) in [5, 5.41) is 2.78. The second-order valence-corrected chi connectivity index (χ2v) is 6.05. The third kappa shape index (κ3) is 17.5. The van der Waals surface area contributed by atoms with E-state index in [1.807, 2.05) is 20.8 Å². The van der Waals surface area contributed by atoms with E-state index in [1.165, 1.54) is 38.5 Å². The van der Waals surface area contributed by atoms with E-state index in [-0.39, 0.29) is 18.5 Å². The standard InChI is InChI=1S/C15H32N2O2.ClH/c1-15(2,3)19-14(18)17-13-11-9-7-5-4-6-8-10-12-16;/h4-13,16H2,1-3H3,(H,17,18);1H. The fourth-order valence-electron chi connectivity index (χ4n) is 1.83. The summed E-state index contributed by atoms with van der Waals surface area (Å²) in [5.41, 5.74) is 5.03. The highest BCUT2D eigenvalue weighted by atomic mass is 35.5. The first-order chi connectivity index (χ1) is 8.95. The molecule has 0 aromatic carbocycles. The molecule has 0 aliphatic rings. The first kappa shape index (κ1) is 21.8. The quantitative estimate of drug-likeness (QED) is 0.599. The third-order valence-corrected chi connectivity index (χ3v) is 2.80. The van der Waals surface area contributed by atoms with Crippen molar-refractivity contribution in [2.45, 2.75) is 77.7 Å². The molecule has 0 bridgehead atoms. The Morgan fingerprint density at radius 3 is 1.85 bits per heavy atom. The summed E-state index contributed by atoms with van der Waals surface area (Å²) in [6.07, 6.45) is 9.45. The lowest BCUT2D eigenvalue weighted by molar-refractivity contribution is 0.0527. The zero-order chi connectivity index (χ0) is 14.6. The van der Waals surface area contributed by atoms with Gasteiger partial charge in [-0.1, -0.05) is 38.5 Å². The lowest BCUT2D eigenvalue weighted by Crippen LogP contribution is -2.32. The molecule has 0 heterocycles. The highest BCUT2D eigenvalue weighted by Crippen LogP contribution is 2.08. The van der Waals surface area contributed by atoms with Gasteiger partial charge in [0.2, 0.25) is 0 Å². The Morgan fingerprint density at radius 1 is 0.950 bits per heavy atom. The minimum absolute atomic E-state index is 0. The van der Waals surface area contributed by atoms with Gasteiger partial charge in [0, 0.05) is 6.54 Å². The SMILES string of the molecule is CC(C)(C)OC(=O)NCCCCCCCCCCN.Cl. The highest BCUT2D eigenvalue weighted by molar-refractivity contribution is 5.85. The van der Waals surface area contributed by atoms with E-state index in [2.05, 4.69) is 5.32 Å². The Balaban J connectivity index is 0. The maximum absolute atomic E-state index is 11.4. The number of carbonyl (C=O) groups excluding carboxylic acids is 1. The summed E-state index contributed by atoms with van der Waals surface area (Å²) in [6, 6.07) is 0. The summed E-state index contributed by atoms with van der Waals surface area (Å²) in [6.45, 7) is 7.14. The molecule has 0 fully saturated rings. The predicted molar refractivity (Wildman–Crippen MR) is 87.5 cm³/mol. The monoisotopic (exact) mass is 308 g/mol. The van der Waals surface area contributed by atoms with Crippen LogP contribution in [0.25, 0.3) is 0 Å². The first-order valence-electron chi connectivity index (χ1n) is 7.62. The number of carbonyl (C=O) groups is 1. The van der Waals surface area contributed by atoms with Crippen molar-refractivity contribution in [3.8, 4) is 0 Å². The van der Waals surface area contributed by atoms with Gasteiger partial charge >= 0.3 is 6.09 Å². The van der Waals surface area contributed by atoms with E-state index >= 15 is 0 Å². The van der Waals surface area contributed by atoms with Crippen molar-refractivity contribution >= 4 is 18.5 Å². The lowest BCUT2D eigenvalue weighted by Gasteiger charge is -2.19. The van der Waals surface area contributed by atoms with Crippen LogP contribution >= 0.6 is 12.4 Å². The number of unbranched alkanes of at least 4 members (excludes halogenated alkanes) is 7. The summed E-state index contributed by atoms with van der Waals surface area (Å²) in [5.74, 6) is 0. The van der Waals surface area contributed by atoms with Gasteiger partial charge in [0.1, 0.15) is 5.60 Å². The van der Waals surface area contributed by atoms with Crippen molar-refractivity contribution in [3.63, 3.8) is 0 Å². The number of nitrogens with one attached hydrogen (secondary N) is 1. The molecule has 1 amide bonds. The van der Waals surface area contributed by atoms with Crippen molar-refractivity contribution in [2.24, 2.45) is 5.73 Å². The van der Waals surface area contributed by atoms with Crippen LogP contribution in [0.5, 0.6) is 0 Å². The van der Waals surface area contributed by atoms with Gasteiger partial charge in [-0.05, 0) is 40.2 Å². The molecule has 0 aromatic heterocycles. The van der Waals surface area contributed by atoms with Crippen LogP contribution in [0.2, 0.25) is 0 Å². The topological polar surface area (TPSA) is 64.3 Å². The normalized spacial score (nSPS) is 10.8. The zero-order valence-electron chi connectivity index (χ0n) is 13.4. The van der Waals surface area contributed by atoms with Gasteiger partial charge < -0.3 is 15.8 Å². The molecule has 0 aliphatic carbocycles. The summed E-state index contributed by atoms with van der Waals surface area (Å²) in [4.78, 5) is 11.4. The molecule has 0 aromatic rings. The van der Waals surface area contributed by atoms with Crippen LogP contribution in [0.3, 0.4) is 0 Å². The molecule has 0 rings (SSSR count). The Bertz CT molecular complexity index is 230. The molecule has 122 valence electrons. The number of nitrogens with two attached hydrogens (primary N) is 1. The Labute approximate surface area is 130 Å². The summed E-state index contributed by atoms with van der Waals surface area (Å²) >= 11 is 0. The first-order valence-corrected chi connectivity index (χ1v) is 7.62. The smallest absolute Gasteiger partial charge is 0.407 e. The van der Waals surface area contributed by atoms with E-state index < -0.39 is 5.60 Å². The van der Waals surface area contributed by atoms with Crippen LogP contribution in [-0.4, -0.2) is 24.8 Å². The fraction of sp³-hybridized carbons (Fsp3) is 0.933. The zero-order valence-corrected chi connectivity index (χ0v) is 14.2. The molecule has 0 saturated heterocycles. The highest BCUT2D eigenvalue weighted by Gasteiger charge is 2.15. The van der Waals surface area contributed by atoms with Gasteiger partial charge in [0.25, 0.3) is 0 Å². The van der Waals surface area contributed by atoms with Crippen LogP contribution in [0.4, 0.5) is 4.79 Å². The molecular formula is C15H33ClN2O2. The van der Waals surface area contributed by atoms with Crippen LogP contribution in [0.15, 0.2) is 0 Å². The predicted octanol–water partition coefficient (Wildman–Crippen LogP) is 4.01. The average molecular weight is 309 g/mol. The van der Waals surface area contributed by atoms with Gasteiger partial charge in [-0.25, -0.2) is 4.79 Å². The Morgan fingerprint density at radius 2 is 1.40 bits per heavy atom. The number of ether oxygens (including phenoxy) is 1. The van der Waals surface area contributed by atoms with Gasteiger partial charge in [0.05, 0.1) is 0 Å². The van der Waals surface area contributed by atoms with E-state index in [4.69, 9.17) is 10.5 Å². The Hall–Kier alpha value is -0.480. The summed E-state index contributed by atoms with van der Waals surface area (Å²) in [7, 11) is 0. The van der Waals surface area contributed by atoms with Crippen molar-refractivity contribution in [1.29, 1.82) is 0 Å². The molecule has 0 unspecified atom stereocenters. The van der Waals surface area contributed by atoms with Gasteiger partial charge in [-0.2, -0.15) is 0 Å². The maximum Gasteiger partial charge on any atom is 0.407 e. The maximum atomic E-state index is 11.4. The number of halogens is 1. The number of hydrogen-bond donors (Lipinski definition) is 2. The number of hydrogen-bond acceptors (Lipinski definition) is 3. The van der Waals surface area contributed by atoms with Crippen molar-refractivity contribution < 1.29 is 9.53 Å². The molecule has 5 heteroatoms. The fourth-order valence-corrected chi connectivity index (χ4v) is 1.83. The molecule has 4 nitrogen and oxygen atoms in total. The molecule has 0 atom stereocenters. The van der Waals surface area contributed by atoms with Gasteiger partial charge in [0.15, 0.2) is 0 Å². The molecule has 20 heavy (non-hydrogen) atoms. The van der Waals surface area contributed by atoms with E-state index in [0.29, 0.717) is 6.54 Å². The molecule has 0 radical (unpaired) electrons. The number of rotatable bonds is 10. The van der Waals surface area contributed by atoms with Gasteiger partial charge in [-0.15, -0.1) is 12.4 Å². The van der Waals surface area contributed by atoms with Crippen molar-refractivity contribution in [1.82, 2.24) is 5.32 Å². The number of amides is 1. The molecule has 0 saturated carbocycles. The van der Waals surface area contributed by atoms with Gasteiger partial charge in [-0.3, -0.25) is 0 Å². The van der Waals surface area contributed by atoms with E-state index in [1.54, 1.807) is 0 Å². The molecule has 0 spiro atoms. The van der Waals surface area contributed by atoms with Crippen LogP contribution < -0.4 is 11.1 Å². The molecule has 3 N–H and O–H groups in total. The summed E-state index contributed by atoms with van der Waals surface area (Å²) < 4.78 is 5.16. The lowest BCUT2D eigenvalue weighted by atomic mass is 10.1. The molecule has 0 aliphatic heterocycles. The average Bonchev–Trinajstić information content (AvgIpc) is 2.29. The van der Waals surface area contributed by atoms with Crippen LogP contribution in [0.1, 0.15) is 72.1 Å². The van der Waals surface area contributed by atoms with Crippen molar-refractivity contribution in [3.05, 3.63) is 0 Å². The van der Waals surface area contributed by atoms with Crippen LogP contribution in [-0.2, 0) is 4.74 Å². The third-order valence-electron chi connectivity index (χ3n) is 2.80.